The van der Waals surface area contributed by atoms with Crippen molar-refractivity contribution in [1.82, 2.24) is 20.3 Å². The van der Waals surface area contributed by atoms with Gasteiger partial charge in [0.25, 0.3) is 5.91 Å². The Labute approximate surface area is 163 Å². The van der Waals surface area contributed by atoms with Gasteiger partial charge in [-0.3, -0.25) is 4.79 Å². The van der Waals surface area contributed by atoms with Crippen molar-refractivity contribution in [3.63, 3.8) is 0 Å². The third-order valence-corrected chi connectivity index (χ3v) is 9.81. The average Bonchev–Trinajstić information content (AvgIpc) is 3.11. The van der Waals surface area contributed by atoms with E-state index in [2.05, 4.69) is 56.3 Å². The van der Waals surface area contributed by atoms with E-state index in [1.807, 2.05) is 25.1 Å². The van der Waals surface area contributed by atoms with Crippen LogP contribution in [0, 0.1) is 6.92 Å². The van der Waals surface area contributed by atoms with Crippen molar-refractivity contribution in [3.8, 4) is 5.69 Å². The summed E-state index contributed by atoms with van der Waals surface area (Å²) in [6, 6.07) is 5.66. The summed E-state index contributed by atoms with van der Waals surface area (Å²) in [7, 11) is -1.85. The number of aromatic nitrogens is 3. The van der Waals surface area contributed by atoms with Crippen LogP contribution in [0.5, 0.6) is 0 Å². The molecule has 0 saturated heterocycles. The number of hydrogen-bond acceptors (Lipinski definition) is 4. The Morgan fingerprint density at radius 2 is 1.89 bits per heavy atom. The fourth-order valence-electron chi connectivity index (χ4n) is 2.40. The quantitative estimate of drug-likeness (QED) is 0.725. The molecule has 1 amide bonds. The Balaban J connectivity index is 2.15. The molecule has 0 radical (unpaired) electrons. The van der Waals surface area contributed by atoms with Gasteiger partial charge in [0.1, 0.15) is 0 Å². The maximum absolute atomic E-state index is 13.0. The lowest BCUT2D eigenvalue weighted by molar-refractivity contribution is 0.0916. The van der Waals surface area contributed by atoms with Crippen LogP contribution in [0.15, 0.2) is 30.6 Å². The van der Waals surface area contributed by atoms with Crippen LogP contribution in [0.25, 0.3) is 5.69 Å². The highest BCUT2D eigenvalue weighted by Crippen LogP contribution is 2.36. The number of nitrogens with zero attached hydrogens (tertiary/aromatic N) is 3. The van der Waals surface area contributed by atoms with Gasteiger partial charge in [-0.05, 0) is 43.6 Å². The number of carbonyl (C=O) groups is 1. The molecule has 0 bridgehead atoms. The molecule has 1 atom stereocenters. The molecule has 148 valence electrons. The number of aryl methyl sites for hydroxylation is 1. The minimum atomic E-state index is -1.85. The fourth-order valence-corrected chi connectivity index (χ4v) is 3.45. The molecule has 1 aromatic heterocycles. The number of carbonyl (C=O) groups excluding carboxylic acids is 1. The van der Waals surface area contributed by atoms with E-state index in [9.17, 15) is 4.79 Å². The Morgan fingerprint density at radius 3 is 2.44 bits per heavy atom. The van der Waals surface area contributed by atoms with Crippen LogP contribution in [-0.2, 0) is 4.43 Å². The Morgan fingerprint density at radius 1 is 1.26 bits per heavy atom. The predicted octanol–water partition coefficient (Wildman–Crippen LogP) is 4.11. The van der Waals surface area contributed by atoms with Crippen LogP contribution in [0.4, 0.5) is 0 Å². The largest absolute Gasteiger partial charge is 0.415 e. The lowest BCUT2D eigenvalue weighted by Crippen LogP contribution is -2.46. The zero-order chi connectivity index (χ0) is 20.2. The van der Waals surface area contributed by atoms with Crippen molar-refractivity contribution in [2.75, 3.05) is 6.61 Å². The van der Waals surface area contributed by atoms with Gasteiger partial charge in [0.2, 0.25) is 0 Å². The first-order valence-electron chi connectivity index (χ1n) is 9.47. The summed E-state index contributed by atoms with van der Waals surface area (Å²) in [4.78, 5) is 14.5. The van der Waals surface area contributed by atoms with Gasteiger partial charge < -0.3 is 9.74 Å². The van der Waals surface area contributed by atoms with Crippen molar-refractivity contribution >= 4 is 14.2 Å². The van der Waals surface area contributed by atoms with E-state index < -0.39 is 8.32 Å². The SMILES string of the molecule is CCC(CO[Si](C)(C)C(C)(C)C)NC(=O)c1cc(C)ccc1-n1nccn1. The second-order valence-electron chi connectivity index (χ2n) is 8.49. The molecule has 0 fully saturated rings. The van der Waals surface area contributed by atoms with Crippen LogP contribution in [0.1, 0.15) is 50.0 Å². The highest BCUT2D eigenvalue weighted by atomic mass is 28.4. The molecular weight excluding hydrogens is 356 g/mol. The van der Waals surface area contributed by atoms with Crippen LogP contribution < -0.4 is 5.32 Å². The molecule has 0 spiro atoms. The normalized spacial score (nSPS) is 13.4. The number of benzene rings is 1. The summed E-state index contributed by atoms with van der Waals surface area (Å²) in [5.74, 6) is -0.128. The molecule has 0 aliphatic heterocycles. The van der Waals surface area contributed by atoms with Gasteiger partial charge in [0.05, 0.1) is 36.3 Å². The van der Waals surface area contributed by atoms with Crippen molar-refractivity contribution in [2.45, 2.75) is 65.2 Å². The first-order valence-corrected chi connectivity index (χ1v) is 12.4. The summed E-state index contributed by atoms with van der Waals surface area (Å²) in [6.07, 6.45) is 4.01. The van der Waals surface area contributed by atoms with E-state index >= 15 is 0 Å². The maximum Gasteiger partial charge on any atom is 0.253 e. The topological polar surface area (TPSA) is 69.0 Å². The van der Waals surface area contributed by atoms with Crippen molar-refractivity contribution in [3.05, 3.63) is 41.7 Å². The molecule has 1 N–H and O–H groups in total. The third kappa shape index (κ3) is 5.26. The molecule has 6 nitrogen and oxygen atoms in total. The van der Waals surface area contributed by atoms with Gasteiger partial charge in [0, 0.05) is 0 Å². The van der Waals surface area contributed by atoms with E-state index in [-0.39, 0.29) is 17.0 Å². The second kappa shape index (κ2) is 8.35. The molecule has 7 heteroatoms. The lowest BCUT2D eigenvalue weighted by Gasteiger charge is -2.37. The molecule has 1 heterocycles. The summed E-state index contributed by atoms with van der Waals surface area (Å²) >= 11 is 0. The van der Waals surface area contributed by atoms with Gasteiger partial charge in [-0.2, -0.15) is 15.0 Å². The number of amides is 1. The third-order valence-electron chi connectivity index (χ3n) is 5.31. The summed E-state index contributed by atoms with van der Waals surface area (Å²) in [5, 5.41) is 11.6. The van der Waals surface area contributed by atoms with E-state index in [0.717, 1.165) is 12.0 Å². The fraction of sp³-hybridized carbons (Fsp3) is 0.550. The zero-order valence-electron chi connectivity index (χ0n) is 17.5. The Kier molecular flexibility index (Phi) is 6.59. The molecule has 2 rings (SSSR count). The molecule has 0 aliphatic rings. The number of nitrogens with one attached hydrogen (secondary N) is 1. The molecule has 27 heavy (non-hydrogen) atoms. The monoisotopic (exact) mass is 388 g/mol. The zero-order valence-corrected chi connectivity index (χ0v) is 18.5. The van der Waals surface area contributed by atoms with Gasteiger partial charge in [-0.15, -0.1) is 0 Å². The highest BCUT2D eigenvalue weighted by molar-refractivity contribution is 6.74. The van der Waals surface area contributed by atoms with Gasteiger partial charge in [-0.25, -0.2) is 0 Å². The van der Waals surface area contributed by atoms with Gasteiger partial charge in [-0.1, -0.05) is 39.3 Å². The summed E-state index contributed by atoms with van der Waals surface area (Å²) in [6.45, 7) is 15.7. The first-order chi connectivity index (χ1) is 12.5. The maximum atomic E-state index is 13.0. The van der Waals surface area contributed by atoms with Crippen LogP contribution in [0.2, 0.25) is 18.1 Å². The van der Waals surface area contributed by atoms with E-state index in [1.54, 1.807) is 12.4 Å². The molecule has 1 aromatic carbocycles. The van der Waals surface area contributed by atoms with Gasteiger partial charge >= 0.3 is 0 Å². The summed E-state index contributed by atoms with van der Waals surface area (Å²) in [5.41, 5.74) is 2.25. The minimum absolute atomic E-state index is 0.0365. The van der Waals surface area contributed by atoms with Crippen molar-refractivity contribution < 1.29 is 9.22 Å². The number of hydrogen-bond donors (Lipinski definition) is 1. The van der Waals surface area contributed by atoms with E-state index in [0.29, 0.717) is 17.9 Å². The second-order valence-corrected chi connectivity index (χ2v) is 13.3. The Bertz CT molecular complexity index is 767. The average molecular weight is 389 g/mol. The Hall–Kier alpha value is -1.99. The lowest BCUT2D eigenvalue weighted by atomic mass is 10.1. The number of rotatable bonds is 7. The van der Waals surface area contributed by atoms with Crippen LogP contribution in [0.3, 0.4) is 0 Å². The van der Waals surface area contributed by atoms with Crippen LogP contribution >= 0.6 is 0 Å². The van der Waals surface area contributed by atoms with Crippen molar-refractivity contribution in [2.24, 2.45) is 0 Å². The molecule has 1 unspecified atom stereocenters. The molecular formula is C20H32N4O2Si. The molecule has 0 saturated carbocycles. The molecule has 2 aromatic rings. The van der Waals surface area contributed by atoms with E-state index in [4.69, 9.17) is 4.43 Å². The smallest absolute Gasteiger partial charge is 0.253 e. The van der Waals surface area contributed by atoms with E-state index in [1.165, 1.54) is 4.80 Å². The molecule has 0 aliphatic carbocycles. The minimum Gasteiger partial charge on any atom is -0.415 e. The highest BCUT2D eigenvalue weighted by Gasteiger charge is 2.37. The predicted molar refractivity (Wildman–Crippen MR) is 111 cm³/mol. The summed E-state index contributed by atoms with van der Waals surface area (Å²) < 4.78 is 6.30. The van der Waals surface area contributed by atoms with Crippen molar-refractivity contribution in [1.29, 1.82) is 0 Å². The van der Waals surface area contributed by atoms with Gasteiger partial charge in [0.15, 0.2) is 8.32 Å². The first kappa shape index (κ1) is 21.3. The standard InChI is InChI=1S/C20H32N4O2Si/c1-8-16(14-26-27(6,7)20(3,4)5)23-19(25)17-13-15(2)9-10-18(17)24-21-11-12-22-24/h9-13,16H,8,14H2,1-7H3,(H,23,25). The van der Waals surface area contributed by atoms with Crippen LogP contribution in [-0.4, -0.2) is 41.9 Å².